The van der Waals surface area contributed by atoms with Gasteiger partial charge in [0.15, 0.2) is 0 Å². The third-order valence-electron chi connectivity index (χ3n) is 3.04. The minimum Gasteiger partial charge on any atom is -0.307 e. The van der Waals surface area contributed by atoms with Gasteiger partial charge in [-0.15, -0.1) is 0 Å². The first-order valence-electron chi connectivity index (χ1n) is 6.32. The monoisotopic (exact) mass is 268 g/mol. The van der Waals surface area contributed by atoms with Crippen molar-refractivity contribution in [1.82, 2.24) is 10.3 Å². The van der Waals surface area contributed by atoms with Gasteiger partial charge in [0.05, 0.1) is 0 Å². The van der Waals surface area contributed by atoms with E-state index in [0.29, 0.717) is 5.75 Å². The van der Waals surface area contributed by atoms with Crippen LogP contribution in [0.3, 0.4) is 0 Å². The quantitative estimate of drug-likeness (QED) is 0.892. The highest BCUT2D eigenvalue weighted by atomic mass is 32.2. The molecule has 3 atom stereocenters. The summed E-state index contributed by atoms with van der Waals surface area (Å²) in [6.45, 7) is 10.4. The molecule has 0 radical (unpaired) electrons. The van der Waals surface area contributed by atoms with Gasteiger partial charge in [0.2, 0.25) is 0 Å². The third kappa shape index (κ3) is 4.18. The van der Waals surface area contributed by atoms with Crippen LogP contribution in [0.25, 0.3) is 0 Å². The van der Waals surface area contributed by atoms with E-state index in [2.05, 4.69) is 44.1 Å². The fourth-order valence-corrected chi connectivity index (χ4v) is 3.40. The Morgan fingerprint density at radius 3 is 2.44 bits per heavy atom. The average Bonchev–Trinajstić information content (AvgIpc) is 2.12. The summed E-state index contributed by atoms with van der Waals surface area (Å²) in [5, 5.41) is 3.50. The van der Waals surface area contributed by atoms with Gasteiger partial charge >= 0.3 is 0 Å². The molecule has 18 heavy (non-hydrogen) atoms. The molecule has 4 heteroatoms. The van der Waals surface area contributed by atoms with Crippen molar-refractivity contribution in [2.75, 3.05) is 12.0 Å². The minimum atomic E-state index is -0.761. The molecule has 0 aliphatic heterocycles. The second-order valence-corrected chi connectivity index (χ2v) is 6.59. The average molecular weight is 268 g/mol. The number of pyridine rings is 1. The number of rotatable bonds is 5. The van der Waals surface area contributed by atoms with Gasteiger partial charge in [-0.3, -0.25) is 9.19 Å². The summed E-state index contributed by atoms with van der Waals surface area (Å²) in [4.78, 5) is 4.52. The second kappa shape index (κ2) is 6.43. The number of nitrogens with one attached hydrogen (secondary N) is 1. The van der Waals surface area contributed by atoms with Crippen molar-refractivity contribution in [3.05, 3.63) is 28.6 Å². The lowest BCUT2D eigenvalue weighted by molar-refractivity contribution is 0.503. The van der Waals surface area contributed by atoms with Gasteiger partial charge in [-0.25, -0.2) is 0 Å². The number of aromatic nitrogens is 1. The predicted octanol–water partition coefficient (Wildman–Crippen LogP) is 2.42. The molecule has 1 N–H and O–H groups in total. The van der Waals surface area contributed by atoms with E-state index in [-0.39, 0.29) is 12.1 Å². The standard InChI is InChI=1S/C14H24N2OS/c1-9-7-10(2)15-12(4)14(9)13(5)16-11(3)8-18(6)17/h7,11,13,16H,8H2,1-6H3. The molecule has 0 aromatic carbocycles. The van der Waals surface area contributed by atoms with Crippen LogP contribution in [0.1, 0.15) is 42.4 Å². The molecule has 1 heterocycles. The van der Waals surface area contributed by atoms with E-state index in [1.54, 1.807) is 6.26 Å². The number of hydrogen-bond acceptors (Lipinski definition) is 3. The van der Waals surface area contributed by atoms with E-state index >= 15 is 0 Å². The summed E-state index contributed by atoms with van der Waals surface area (Å²) in [6, 6.07) is 2.59. The van der Waals surface area contributed by atoms with Crippen molar-refractivity contribution >= 4 is 10.8 Å². The molecule has 0 aliphatic rings. The third-order valence-corrected chi connectivity index (χ3v) is 4.01. The van der Waals surface area contributed by atoms with Gasteiger partial charge in [-0.05, 0) is 51.8 Å². The zero-order valence-electron chi connectivity index (χ0n) is 12.2. The Morgan fingerprint density at radius 1 is 1.33 bits per heavy atom. The Kier molecular flexibility index (Phi) is 5.47. The van der Waals surface area contributed by atoms with Crippen LogP contribution in [0.15, 0.2) is 6.07 Å². The molecule has 0 saturated carbocycles. The molecule has 3 unspecified atom stereocenters. The van der Waals surface area contributed by atoms with Gasteiger partial charge in [0.1, 0.15) is 0 Å². The first-order valence-corrected chi connectivity index (χ1v) is 8.04. The van der Waals surface area contributed by atoms with Crippen LogP contribution in [0.2, 0.25) is 0 Å². The van der Waals surface area contributed by atoms with Crippen LogP contribution in [-0.2, 0) is 10.8 Å². The fraction of sp³-hybridized carbons (Fsp3) is 0.643. The lowest BCUT2D eigenvalue weighted by atomic mass is 10.00. The van der Waals surface area contributed by atoms with Crippen LogP contribution >= 0.6 is 0 Å². The van der Waals surface area contributed by atoms with E-state index in [1.807, 2.05) is 6.92 Å². The SMILES string of the molecule is Cc1cc(C)c(C(C)NC(C)CS(C)=O)c(C)n1. The molecule has 0 spiro atoms. The lowest BCUT2D eigenvalue weighted by Crippen LogP contribution is -2.34. The highest BCUT2D eigenvalue weighted by Gasteiger charge is 2.15. The summed E-state index contributed by atoms with van der Waals surface area (Å²) >= 11 is 0. The van der Waals surface area contributed by atoms with Crippen LogP contribution in [0.4, 0.5) is 0 Å². The van der Waals surface area contributed by atoms with Crippen molar-refractivity contribution in [1.29, 1.82) is 0 Å². The van der Waals surface area contributed by atoms with E-state index in [1.165, 1.54) is 11.1 Å². The Balaban J connectivity index is 2.84. The maximum absolute atomic E-state index is 11.2. The maximum atomic E-state index is 11.2. The largest absolute Gasteiger partial charge is 0.307 e. The number of nitrogens with zero attached hydrogens (tertiary/aromatic N) is 1. The summed E-state index contributed by atoms with van der Waals surface area (Å²) in [6.07, 6.45) is 1.74. The normalized spacial score (nSPS) is 16.3. The molecular weight excluding hydrogens is 244 g/mol. The summed E-state index contributed by atoms with van der Waals surface area (Å²) < 4.78 is 11.2. The summed E-state index contributed by atoms with van der Waals surface area (Å²) in [5.41, 5.74) is 4.67. The highest BCUT2D eigenvalue weighted by molar-refractivity contribution is 7.84. The van der Waals surface area contributed by atoms with E-state index in [9.17, 15) is 4.21 Å². The van der Waals surface area contributed by atoms with Crippen LogP contribution in [0.5, 0.6) is 0 Å². The van der Waals surface area contributed by atoms with Crippen molar-refractivity contribution in [3.63, 3.8) is 0 Å². The van der Waals surface area contributed by atoms with Crippen LogP contribution < -0.4 is 5.32 Å². The molecule has 1 aromatic rings. The first kappa shape index (κ1) is 15.3. The molecule has 1 rings (SSSR count). The molecule has 0 bridgehead atoms. The second-order valence-electron chi connectivity index (χ2n) is 5.11. The van der Waals surface area contributed by atoms with Gasteiger partial charge in [0, 0.05) is 46.3 Å². The molecule has 102 valence electrons. The van der Waals surface area contributed by atoms with Gasteiger partial charge < -0.3 is 5.32 Å². The zero-order chi connectivity index (χ0) is 13.9. The van der Waals surface area contributed by atoms with Gasteiger partial charge in [0.25, 0.3) is 0 Å². The molecule has 0 fully saturated rings. The zero-order valence-corrected chi connectivity index (χ0v) is 13.0. The number of hydrogen-bond donors (Lipinski definition) is 1. The Morgan fingerprint density at radius 2 is 1.94 bits per heavy atom. The molecule has 3 nitrogen and oxygen atoms in total. The molecule has 1 aromatic heterocycles. The Hall–Kier alpha value is -0.740. The topological polar surface area (TPSA) is 42.0 Å². The highest BCUT2D eigenvalue weighted by Crippen LogP contribution is 2.21. The first-order chi connectivity index (χ1) is 8.31. The van der Waals surface area contributed by atoms with Crippen LogP contribution in [0, 0.1) is 20.8 Å². The maximum Gasteiger partial charge on any atom is 0.0426 e. The Labute approximate surface area is 113 Å². The van der Waals surface area contributed by atoms with E-state index in [4.69, 9.17) is 0 Å². The van der Waals surface area contributed by atoms with Crippen molar-refractivity contribution in [3.8, 4) is 0 Å². The van der Waals surface area contributed by atoms with Crippen molar-refractivity contribution < 1.29 is 4.21 Å². The molecular formula is C14H24N2OS. The van der Waals surface area contributed by atoms with Gasteiger partial charge in [-0.1, -0.05) is 0 Å². The smallest absolute Gasteiger partial charge is 0.0426 e. The van der Waals surface area contributed by atoms with E-state index < -0.39 is 10.8 Å². The Bertz CT molecular complexity index is 422. The van der Waals surface area contributed by atoms with E-state index in [0.717, 1.165) is 11.4 Å². The fourth-order valence-electron chi connectivity index (χ4n) is 2.60. The predicted molar refractivity (Wildman–Crippen MR) is 78.4 cm³/mol. The summed E-state index contributed by atoms with van der Waals surface area (Å²) in [7, 11) is -0.761. The van der Waals surface area contributed by atoms with Crippen LogP contribution in [-0.4, -0.2) is 27.2 Å². The van der Waals surface area contributed by atoms with Gasteiger partial charge in [-0.2, -0.15) is 0 Å². The van der Waals surface area contributed by atoms with Crippen molar-refractivity contribution in [2.24, 2.45) is 0 Å². The molecule has 0 aliphatic carbocycles. The molecule has 0 saturated heterocycles. The van der Waals surface area contributed by atoms with Crippen molar-refractivity contribution in [2.45, 2.75) is 46.7 Å². The minimum absolute atomic E-state index is 0.233. The molecule has 0 amide bonds. The lowest BCUT2D eigenvalue weighted by Gasteiger charge is -2.22. The number of aryl methyl sites for hydroxylation is 3. The summed E-state index contributed by atoms with van der Waals surface area (Å²) in [5.74, 6) is 0.682.